The Bertz CT molecular complexity index is 434. The second-order valence-electron chi connectivity index (χ2n) is 8.49. The molecule has 0 aromatic carbocycles. The summed E-state index contributed by atoms with van der Waals surface area (Å²) >= 11 is 0. The van der Waals surface area contributed by atoms with Gasteiger partial charge in [-0.3, -0.25) is 0 Å². The van der Waals surface area contributed by atoms with E-state index in [-0.39, 0.29) is 16.8 Å². The molecular formula is C17H28O3. The Balaban J connectivity index is 1.73. The van der Waals surface area contributed by atoms with E-state index in [0.717, 1.165) is 38.7 Å². The minimum atomic E-state index is -0.491. The third kappa shape index (κ3) is 1.57. The van der Waals surface area contributed by atoms with E-state index in [4.69, 9.17) is 9.47 Å². The number of hydrogen-bond donors (Lipinski definition) is 1. The lowest BCUT2D eigenvalue weighted by Crippen LogP contribution is -2.63. The summed E-state index contributed by atoms with van der Waals surface area (Å²) in [5, 5.41) is 10.9. The van der Waals surface area contributed by atoms with Crippen LogP contribution in [0.3, 0.4) is 0 Å². The first-order chi connectivity index (χ1) is 9.30. The molecule has 1 spiro atoms. The van der Waals surface area contributed by atoms with Crippen molar-refractivity contribution in [2.75, 3.05) is 6.61 Å². The van der Waals surface area contributed by atoms with E-state index in [1.807, 2.05) is 0 Å². The Morgan fingerprint density at radius 1 is 0.950 bits per heavy atom. The average Bonchev–Trinajstić information content (AvgIpc) is 2.58. The number of hydrogen-bond acceptors (Lipinski definition) is 3. The topological polar surface area (TPSA) is 38.7 Å². The van der Waals surface area contributed by atoms with E-state index in [2.05, 4.69) is 20.8 Å². The Hall–Kier alpha value is -0.120. The molecule has 1 unspecified atom stereocenters. The van der Waals surface area contributed by atoms with Gasteiger partial charge in [-0.1, -0.05) is 13.3 Å². The van der Waals surface area contributed by atoms with Gasteiger partial charge in [-0.15, -0.1) is 0 Å². The number of rotatable bonds is 0. The van der Waals surface area contributed by atoms with Crippen molar-refractivity contribution >= 4 is 0 Å². The fraction of sp³-hybridized carbons (Fsp3) is 1.00. The van der Waals surface area contributed by atoms with Gasteiger partial charge in [-0.25, -0.2) is 0 Å². The van der Waals surface area contributed by atoms with Crippen LogP contribution in [-0.4, -0.2) is 28.7 Å². The first kappa shape index (κ1) is 13.5. The minimum absolute atomic E-state index is 0.0638. The van der Waals surface area contributed by atoms with Crippen molar-refractivity contribution in [2.24, 2.45) is 17.3 Å². The lowest BCUT2D eigenvalue weighted by molar-refractivity contribution is -0.267. The summed E-state index contributed by atoms with van der Waals surface area (Å²) in [5.74, 6) is 0.640. The van der Waals surface area contributed by atoms with Crippen molar-refractivity contribution < 1.29 is 14.6 Å². The maximum absolute atomic E-state index is 10.9. The molecule has 0 aromatic rings. The van der Waals surface area contributed by atoms with Crippen LogP contribution in [0.1, 0.15) is 65.7 Å². The molecule has 4 fully saturated rings. The normalized spacial score (nSPS) is 61.8. The summed E-state index contributed by atoms with van der Waals surface area (Å²) in [7, 11) is 0. The monoisotopic (exact) mass is 280 g/mol. The van der Waals surface area contributed by atoms with Crippen molar-refractivity contribution in [1.82, 2.24) is 0 Å². The molecule has 114 valence electrons. The first-order valence-corrected chi connectivity index (χ1v) is 8.36. The Labute approximate surface area is 122 Å². The van der Waals surface area contributed by atoms with Crippen LogP contribution >= 0.6 is 0 Å². The van der Waals surface area contributed by atoms with Gasteiger partial charge in [0, 0.05) is 6.42 Å². The molecule has 3 heteroatoms. The molecule has 0 radical (unpaired) electrons. The van der Waals surface area contributed by atoms with Gasteiger partial charge in [0.1, 0.15) is 0 Å². The van der Waals surface area contributed by atoms with Gasteiger partial charge >= 0.3 is 0 Å². The smallest absolute Gasteiger partial charge is 0.166 e. The molecule has 4 aliphatic rings. The molecule has 0 amide bonds. The fourth-order valence-corrected chi connectivity index (χ4v) is 6.29. The zero-order chi connectivity index (χ0) is 14.2. The Kier molecular flexibility index (Phi) is 2.57. The summed E-state index contributed by atoms with van der Waals surface area (Å²) in [6.07, 6.45) is 7.68. The van der Waals surface area contributed by atoms with Crippen LogP contribution in [0.4, 0.5) is 0 Å². The van der Waals surface area contributed by atoms with E-state index >= 15 is 0 Å². The van der Waals surface area contributed by atoms with Gasteiger partial charge < -0.3 is 14.6 Å². The predicted octanol–water partition coefficient (Wildman–Crippen LogP) is 3.25. The van der Waals surface area contributed by atoms with Crippen molar-refractivity contribution in [3.8, 4) is 0 Å². The molecular weight excluding hydrogens is 252 g/mol. The molecule has 20 heavy (non-hydrogen) atoms. The van der Waals surface area contributed by atoms with Crippen molar-refractivity contribution in [2.45, 2.75) is 82.7 Å². The summed E-state index contributed by atoms with van der Waals surface area (Å²) in [6, 6.07) is 0. The van der Waals surface area contributed by atoms with E-state index in [0.29, 0.717) is 11.8 Å². The Morgan fingerprint density at radius 3 is 2.50 bits per heavy atom. The zero-order valence-corrected chi connectivity index (χ0v) is 13.1. The molecule has 6 atom stereocenters. The molecule has 2 saturated carbocycles. The van der Waals surface area contributed by atoms with Gasteiger partial charge in [0.25, 0.3) is 0 Å². The summed E-state index contributed by atoms with van der Waals surface area (Å²) < 4.78 is 12.5. The first-order valence-electron chi connectivity index (χ1n) is 8.36. The van der Waals surface area contributed by atoms with Crippen molar-refractivity contribution in [1.29, 1.82) is 0 Å². The van der Waals surface area contributed by atoms with Gasteiger partial charge in [0.2, 0.25) is 0 Å². The van der Waals surface area contributed by atoms with E-state index in [9.17, 15) is 5.11 Å². The van der Waals surface area contributed by atoms with Crippen LogP contribution in [0.5, 0.6) is 0 Å². The van der Waals surface area contributed by atoms with Crippen molar-refractivity contribution in [3.05, 3.63) is 0 Å². The van der Waals surface area contributed by atoms with Crippen molar-refractivity contribution in [3.63, 3.8) is 0 Å². The lowest BCUT2D eigenvalue weighted by atomic mass is 9.47. The van der Waals surface area contributed by atoms with E-state index in [1.165, 1.54) is 12.8 Å². The minimum Gasteiger partial charge on any atom is -0.390 e. The fourth-order valence-electron chi connectivity index (χ4n) is 6.29. The van der Waals surface area contributed by atoms with Crippen LogP contribution in [0.2, 0.25) is 0 Å². The molecule has 1 N–H and O–H groups in total. The molecule has 2 bridgehead atoms. The predicted molar refractivity (Wildman–Crippen MR) is 76.2 cm³/mol. The van der Waals surface area contributed by atoms with E-state index in [1.54, 1.807) is 0 Å². The molecule has 2 aliphatic carbocycles. The molecule has 4 rings (SSSR count). The highest BCUT2D eigenvalue weighted by Gasteiger charge is 2.66. The van der Waals surface area contributed by atoms with E-state index < -0.39 is 5.60 Å². The summed E-state index contributed by atoms with van der Waals surface area (Å²) in [4.78, 5) is 0. The second kappa shape index (κ2) is 3.80. The number of ether oxygens (including phenoxy) is 2. The second-order valence-corrected chi connectivity index (χ2v) is 8.49. The quantitative estimate of drug-likeness (QED) is 0.740. The molecule has 2 heterocycles. The molecule has 0 aromatic heterocycles. The maximum Gasteiger partial charge on any atom is 0.166 e. The van der Waals surface area contributed by atoms with Crippen LogP contribution in [0.15, 0.2) is 0 Å². The van der Waals surface area contributed by atoms with Crippen LogP contribution < -0.4 is 0 Å². The highest BCUT2D eigenvalue weighted by Crippen LogP contribution is 2.65. The third-order valence-corrected chi connectivity index (χ3v) is 7.16. The standard InChI is InChI=1S/C17H28O3/c1-14-7-4-8-15(2,18)12(14)6-10-17-11-19-16(3,20-17)9-5-13(14)17/h12-13,18H,4-11H2,1-3H3/t12?,13-,14+,15+,16+,17+/m1/s1. The van der Waals surface area contributed by atoms with Crippen LogP contribution in [0.25, 0.3) is 0 Å². The maximum atomic E-state index is 10.9. The van der Waals surface area contributed by atoms with Crippen LogP contribution in [0, 0.1) is 17.3 Å². The Morgan fingerprint density at radius 2 is 1.70 bits per heavy atom. The highest BCUT2D eigenvalue weighted by atomic mass is 16.8. The summed E-state index contributed by atoms with van der Waals surface area (Å²) in [5.41, 5.74) is -0.338. The van der Waals surface area contributed by atoms with Gasteiger partial charge in [0.05, 0.1) is 17.8 Å². The molecule has 3 nitrogen and oxygen atoms in total. The molecule has 2 saturated heterocycles. The average molecular weight is 280 g/mol. The largest absolute Gasteiger partial charge is 0.390 e. The molecule has 2 aliphatic heterocycles. The van der Waals surface area contributed by atoms with Crippen LogP contribution in [-0.2, 0) is 9.47 Å². The number of fused-ring (bicyclic) bond motifs is 3. The van der Waals surface area contributed by atoms with Gasteiger partial charge in [0.15, 0.2) is 5.79 Å². The summed E-state index contributed by atoms with van der Waals surface area (Å²) in [6.45, 7) is 7.34. The van der Waals surface area contributed by atoms with Gasteiger partial charge in [-0.05, 0) is 63.2 Å². The number of aliphatic hydroxyl groups is 1. The zero-order valence-electron chi connectivity index (χ0n) is 13.1. The third-order valence-electron chi connectivity index (χ3n) is 7.16. The SMILES string of the molecule is C[C@]12CC[C@H]3[C@](CCC4[C@@](C)(O)CCC[C@@]43C)(CO1)O2. The van der Waals surface area contributed by atoms with Gasteiger partial charge in [-0.2, -0.15) is 0 Å². The lowest BCUT2D eigenvalue weighted by Gasteiger charge is -2.62. The highest BCUT2D eigenvalue weighted by molar-refractivity contribution is 5.13.